The average Bonchev–Trinajstić information content (AvgIpc) is 2.60. The fourth-order valence-electron chi connectivity index (χ4n) is 1.20. The van der Waals surface area contributed by atoms with Gasteiger partial charge in [0, 0.05) is 12.3 Å². The van der Waals surface area contributed by atoms with E-state index in [0.29, 0.717) is 5.65 Å². The van der Waals surface area contributed by atoms with Crippen LogP contribution in [0.2, 0.25) is 0 Å². The third-order valence-electron chi connectivity index (χ3n) is 1.82. The smallest absolute Gasteiger partial charge is 0.194 e. The summed E-state index contributed by atoms with van der Waals surface area (Å²) in [6.07, 6.45) is 3.84. The first-order valence-electron chi connectivity index (χ1n) is 3.97. The predicted octanol–water partition coefficient (Wildman–Crippen LogP) is 0.00448. The van der Waals surface area contributed by atoms with Crippen molar-refractivity contribution in [2.24, 2.45) is 0 Å². The Labute approximate surface area is 85.7 Å². The second kappa shape index (κ2) is 3.03. The number of rotatable bonds is 1. The van der Waals surface area contributed by atoms with Gasteiger partial charge in [-0.2, -0.15) is 10.4 Å². The molecule has 0 bridgehead atoms. The maximum atomic E-state index is 11.3. The van der Waals surface area contributed by atoms with Crippen LogP contribution in [0.25, 0.3) is 5.65 Å². The summed E-state index contributed by atoms with van der Waals surface area (Å²) >= 11 is 0. The molecule has 0 radical (unpaired) electrons. The van der Waals surface area contributed by atoms with Crippen molar-refractivity contribution >= 4 is 15.5 Å². The zero-order valence-electron chi connectivity index (χ0n) is 7.75. The van der Waals surface area contributed by atoms with Crippen molar-refractivity contribution in [2.75, 3.05) is 6.26 Å². The molecule has 7 heteroatoms. The number of hydrogen-bond donors (Lipinski definition) is 0. The molecule has 0 spiro atoms. The van der Waals surface area contributed by atoms with Gasteiger partial charge in [-0.25, -0.2) is 17.9 Å². The largest absolute Gasteiger partial charge is 0.222 e. The normalized spacial score (nSPS) is 11.5. The Morgan fingerprint density at radius 3 is 2.87 bits per heavy atom. The molecule has 0 saturated carbocycles. The van der Waals surface area contributed by atoms with E-state index in [4.69, 9.17) is 5.26 Å². The molecule has 0 amide bonds. The van der Waals surface area contributed by atoms with Gasteiger partial charge in [0.2, 0.25) is 0 Å². The van der Waals surface area contributed by atoms with E-state index >= 15 is 0 Å². The van der Waals surface area contributed by atoms with E-state index in [1.807, 2.05) is 0 Å². The topological polar surface area (TPSA) is 88.1 Å². The molecule has 0 aliphatic heterocycles. The lowest BCUT2D eigenvalue weighted by molar-refractivity contribution is 0.597. The Balaban J connectivity index is 2.89. The molecule has 0 aromatic carbocycles. The Morgan fingerprint density at radius 1 is 1.53 bits per heavy atom. The molecular weight excluding hydrogens is 216 g/mol. The lowest BCUT2D eigenvalue weighted by Gasteiger charge is -2.00. The third-order valence-corrected chi connectivity index (χ3v) is 2.83. The number of aromatic nitrogens is 3. The molecule has 6 nitrogen and oxygen atoms in total. The Bertz CT molecular complexity index is 665. The molecule has 0 N–H and O–H groups in total. The van der Waals surface area contributed by atoms with Gasteiger partial charge < -0.3 is 0 Å². The highest BCUT2D eigenvalue weighted by atomic mass is 32.2. The van der Waals surface area contributed by atoms with Crippen LogP contribution >= 0.6 is 0 Å². The third kappa shape index (κ3) is 1.55. The summed E-state index contributed by atoms with van der Waals surface area (Å²) in [5.41, 5.74) is 0.392. The zero-order chi connectivity index (χ0) is 11.1. The number of nitriles is 1. The summed E-state index contributed by atoms with van der Waals surface area (Å²) in [5.74, 6) is 0. The average molecular weight is 222 g/mol. The molecule has 76 valence electrons. The molecule has 0 unspecified atom stereocenters. The second-order valence-corrected chi connectivity index (χ2v) is 4.91. The lowest BCUT2D eigenvalue weighted by Crippen LogP contribution is -2.06. The van der Waals surface area contributed by atoms with E-state index in [9.17, 15) is 8.42 Å². The number of sulfone groups is 1. The van der Waals surface area contributed by atoms with Crippen LogP contribution in [0.3, 0.4) is 0 Å². The van der Waals surface area contributed by atoms with E-state index in [2.05, 4.69) is 10.1 Å². The highest BCUT2D eigenvalue weighted by molar-refractivity contribution is 7.90. The van der Waals surface area contributed by atoms with Crippen LogP contribution < -0.4 is 0 Å². The minimum absolute atomic E-state index is 0.00583. The molecule has 2 aromatic heterocycles. The van der Waals surface area contributed by atoms with Crippen molar-refractivity contribution in [1.29, 1.82) is 5.26 Å². The van der Waals surface area contributed by atoms with Crippen LogP contribution in [-0.4, -0.2) is 29.3 Å². The Kier molecular flexibility index (Phi) is 1.94. The molecule has 0 atom stereocenters. The van der Waals surface area contributed by atoms with Crippen molar-refractivity contribution in [2.45, 2.75) is 5.03 Å². The monoisotopic (exact) mass is 222 g/mol. The summed E-state index contributed by atoms with van der Waals surface area (Å²) in [4.78, 5) is 3.87. The molecule has 0 aliphatic carbocycles. The van der Waals surface area contributed by atoms with E-state index in [0.717, 1.165) is 6.26 Å². The van der Waals surface area contributed by atoms with Crippen molar-refractivity contribution < 1.29 is 8.42 Å². The van der Waals surface area contributed by atoms with Crippen LogP contribution in [0.5, 0.6) is 0 Å². The zero-order valence-corrected chi connectivity index (χ0v) is 8.56. The van der Waals surface area contributed by atoms with Crippen LogP contribution in [0.1, 0.15) is 5.56 Å². The molecule has 15 heavy (non-hydrogen) atoms. The van der Waals surface area contributed by atoms with Crippen LogP contribution in [-0.2, 0) is 9.84 Å². The Morgan fingerprint density at radius 2 is 2.27 bits per heavy atom. The van der Waals surface area contributed by atoms with E-state index < -0.39 is 9.84 Å². The van der Waals surface area contributed by atoms with Gasteiger partial charge in [0.05, 0.1) is 12.4 Å². The maximum absolute atomic E-state index is 11.3. The van der Waals surface area contributed by atoms with Crippen molar-refractivity contribution in [3.63, 3.8) is 0 Å². The predicted molar refractivity (Wildman–Crippen MR) is 50.8 cm³/mol. The van der Waals surface area contributed by atoms with Gasteiger partial charge in [-0.3, -0.25) is 0 Å². The first kappa shape index (κ1) is 9.61. The van der Waals surface area contributed by atoms with Crippen molar-refractivity contribution in [3.05, 3.63) is 24.0 Å². The van der Waals surface area contributed by atoms with Crippen molar-refractivity contribution in [3.8, 4) is 6.07 Å². The first-order chi connectivity index (χ1) is 7.02. The van der Waals surface area contributed by atoms with E-state index in [-0.39, 0.29) is 10.6 Å². The molecule has 2 aromatic rings. The van der Waals surface area contributed by atoms with Gasteiger partial charge in [-0.1, -0.05) is 0 Å². The fraction of sp³-hybridized carbons (Fsp3) is 0.125. The molecule has 0 saturated heterocycles. The number of nitrogens with zero attached hydrogens (tertiary/aromatic N) is 4. The summed E-state index contributed by atoms with van der Waals surface area (Å²) in [6.45, 7) is 0. The highest BCUT2D eigenvalue weighted by Gasteiger charge is 2.16. The minimum atomic E-state index is -3.49. The molecule has 0 aliphatic rings. The van der Waals surface area contributed by atoms with Crippen molar-refractivity contribution in [1.82, 2.24) is 14.6 Å². The lowest BCUT2D eigenvalue weighted by atomic mass is 10.4. The van der Waals surface area contributed by atoms with Gasteiger partial charge in [-0.05, 0) is 0 Å². The molecule has 0 fully saturated rings. The van der Waals surface area contributed by atoms with Crippen LogP contribution in [0, 0.1) is 11.3 Å². The standard InChI is InChI=1S/C8H6N4O2S/c1-15(13,14)8-6(4-9)5-12-7(11-8)2-3-10-12/h2-3,5H,1H3. The van der Waals surface area contributed by atoms with Gasteiger partial charge in [0.25, 0.3) is 0 Å². The SMILES string of the molecule is CS(=O)(=O)c1nc2ccnn2cc1C#N. The molecule has 2 heterocycles. The van der Waals surface area contributed by atoms with Crippen LogP contribution in [0.15, 0.2) is 23.5 Å². The second-order valence-electron chi connectivity index (χ2n) is 2.98. The van der Waals surface area contributed by atoms with E-state index in [1.54, 1.807) is 12.1 Å². The first-order valence-corrected chi connectivity index (χ1v) is 5.86. The summed E-state index contributed by atoms with van der Waals surface area (Å²) < 4.78 is 24.0. The quantitative estimate of drug-likeness (QED) is 0.634. The maximum Gasteiger partial charge on any atom is 0.194 e. The summed E-state index contributed by atoms with van der Waals surface area (Å²) in [6, 6.07) is 3.35. The summed E-state index contributed by atoms with van der Waals surface area (Å²) in [5, 5.41) is 12.4. The fourth-order valence-corrected chi connectivity index (χ4v) is 1.95. The summed E-state index contributed by atoms with van der Waals surface area (Å²) in [7, 11) is -3.49. The van der Waals surface area contributed by atoms with Gasteiger partial charge >= 0.3 is 0 Å². The molecular formula is C8H6N4O2S. The van der Waals surface area contributed by atoms with Gasteiger partial charge in [0.1, 0.15) is 11.6 Å². The van der Waals surface area contributed by atoms with Gasteiger partial charge in [0.15, 0.2) is 20.5 Å². The van der Waals surface area contributed by atoms with E-state index in [1.165, 1.54) is 16.9 Å². The molecule has 2 rings (SSSR count). The van der Waals surface area contributed by atoms with Crippen LogP contribution in [0.4, 0.5) is 0 Å². The minimum Gasteiger partial charge on any atom is -0.222 e. The Hall–Kier alpha value is -1.94. The number of fused-ring (bicyclic) bond motifs is 1. The highest BCUT2D eigenvalue weighted by Crippen LogP contribution is 2.13. The van der Waals surface area contributed by atoms with Gasteiger partial charge in [-0.15, -0.1) is 0 Å². The number of hydrogen-bond acceptors (Lipinski definition) is 5.